The SMILES string of the molecule is CC1(C)CCCN(c2ncccc2CNC2CC2)C1. The van der Waals surface area contributed by atoms with E-state index in [0.717, 1.165) is 25.7 Å². The minimum Gasteiger partial charge on any atom is -0.356 e. The Bertz CT molecular complexity index is 437. The Balaban J connectivity index is 1.74. The molecular formula is C16H25N3. The zero-order chi connectivity index (χ0) is 13.3. The number of nitrogens with one attached hydrogen (secondary N) is 1. The van der Waals surface area contributed by atoms with Gasteiger partial charge in [-0.2, -0.15) is 0 Å². The number of nitrogens with zero attached hydrogens (tertiary/aromatic N) is 2. The number of piperidine rings is 1. The lowest BCUT2D eigenvalue weighted by atomic mass is 9.84. The molecule has 1 aliphatic carbocycles. The van der Waals surface area contributed by atoms with Crippen LogP contribution >= 0.6 is 0 Å². The maximum Gasteiger partial charge on any atom is 0.133 e. The molecule has 1 aromatic rings. The predicted molar refractivity (Wildman–Crippen MR) is 79.3 cm³/mol. The summed E-state index contributed by atoms with van der Waals surface area (Å²) >= 11 is 0. The van der Waals surface area contributed by atoms with Gasteiger partial charge in [-0.25, -0.2) is 4.98 Å². The van der Waals surface area contributed by atoms with Crippen molar-refractivity contribution in [1.82, 2.24) is 10.3 Å². The van der Waals surface area contributed by atoms with Gasteiger partial charge in [-0.1, -0.05) is 19.9 Å². The maximum atomic E-state index is 4.65. The van der Waals surface area contributed by atoms with Crippen LogP contribution in [0.4, 0.5) is 5.82 Å². The zero-order valence-electron chi connectivity index (χ0n) is 12.2. The van der Waals surface area contributed by atoms with Gasteiger partial charge < -0.3 is 10.2 Å². The molecule has 3 heteroatoms. The number of hydrogen-bond donors (Lipinski definition) is 1. The van der Waals surface area contributed by atoms with Crippen LogP contribution in [-0.2, 0) is 6.54 Å². The lowest BCUT2D eigenvalue weighted by Gasteiger charge is -2.39. The van der Waals surface area contributed by atoms with E-state index in [9.17, 15) is 0 Å². The lowest BCUT2D eigenvalue weighted by Crippen LogP contribution is -2.41. The van der Waals surface area contributed by atoms with Crippen molar-refractivity contribution in [3.05, 3.63) is 23.9 Å². The van der Waals surface area contributed by atoms with Gasteiger partial charge in [-0.3, -0.25) is 0 Å². The van der Waals surface area contributed by atoms with Gasteiger partial charge in [-0.05, 0) is 37.2 Å². The summed E-state index contributed by atoms with van der Waals surface area (Å²) in [5, 5.41) is 3.61. The molecule has 0 radical (unpaired) electrons. The summed E-state index contributed by atoms with van der Waals surface area (Å²) < 4.78 is 0. The number of aromatic nitrogens is 1. The third kappa shape index (κ3) is 3.27. The highest BCUT2D eigenvalue weighted by atomic mass is 15.2. The van der Waals surface area contributed by atoms with E-state index in [2.05, 4.69) is 41.2 Å². The van der Waals surface area contributed by atoms with E-state index in [1.54, 1.807) is 0 Å². The van der Waals surface area contributed by atoms with Crippen molar-refractivity contribution >= 4 is 5.82 Å². The van der Waals surface area contributed by atoms with E-state index < -0.39 is 0 Å². The van der Waals surface area contributed by atoms with E-state index in [1.165, 1.54) is 37.1 Å². The van der Waals surface area contributed by atoms with E-state index in [4.69, 9.17) is 0 Å². The van der Waals surface area contributed by atoms with Crippen LogP contribution in [-0.4, -0.2) is 24.1 Å². The summed E-state index contributed by atoms with van der Waals surface area (Å²) in [6, 6.07) is 5.04. The molecule has 0 spiro atoms. The Morgan fingerprint density at radius 2 is 2.26 bits per heavy atom. The number of pyridine rings is 1. The smallest absolute Gasteiger partial charge is 0.133 e. The van der Waals surface area contributed by atoms with E-state index >= 15 is 0 Å². The van der Waals surface area contributed by atoms with E-state index in [0.29, 0.717) is 5.41 Å². The summed E-state index contributed by atoms with van der Waals surface area (Å²) in [6.07, 6.45) is 7.21. The molecule has 2 fully saturated rings. The topological polar surface area (TPSA) is 28.2 Å². The summed E-state index contributed by atoms with van der Waals surface area (Å²) in [6.45, 7) is 7.97. The molecule has 2 heterocycles. The van der Waals surface area contributed by atoms with E-state index in [-0.39, 0.29) is 0 Å². The Hall–Kier alpha value is -1.09. The second-order valence-corrected chi connectivity index (χ2v) is 6.83. The molecule has 0 unspecified atom stereocenters. The Labute approximate surface area is 116 Å². The molecule has 1 aromatic heterocycles. The molecule has 1 saturated heterocycles. The predicted octanol–water partition coefficient (Wildman–Crippen LogP) is 2.96. The molecule has 0 amide bonds. The fraction of sp³-hybridized carbons (Fsp3) is 0.688. The first kappa shape index (κ1) is 12.9. The monoisotopic (exact) mass is 259 g/mol. The second kappa shape index (κ2) is 5.12. The van der Waals surface area contributed by atoms with Gasteiger partial charge >= 0.3 is 0 Å². The molecule has 0 aromatic carbocycles. The largest absolute Gasteiger partial charge is 0.356 e. The van der Waals surface area contributed by atoms with Gasteiger partial charge in [0.25, 0.3) is 0 Å². The van der Waals surface area contributed by atoms with Crippen molar-refractivity contribution in [2.45, 2.75) is 52.1 Å². The van der Waals surface area contributed by atoms with Crippen LogP contribution in [0.3, 0.4) is 0 Å². The van der Waals surface area contributed by atoms with Crippen molar-refractivity contribution in [1.29, 1.82) is 0 Å². The molecule has 3 rings (SSSR count). The summed E-state index contributed by atoms with van der Waals surface area (Å²) in [4.78, 5) is 7.13. The molecule has 0 atom stereocenters. The summed E-state index contributed by atoms with van der Waals surface area (Å²) in [5.41, 5.74) is 1.77. The van der Waals surface area contributed by atoms with Crippen LogP contribution in [0.1, 0.15) is 45.1 Å². The highest BCUT2D eigenvalue weighted by Gasteiger charge is 2.28. The number of hydrogen-bond acceptors (Lipinski definition) is 3. The molecule has 1 saturated carbocycles. The Kier molecular flexibility index (Phi) is 3.48. The maximum absolute atomic E-state index is 4.65. The standard InChI is InChI=1S/C16H25N3/c1-16(2)8-4-10-19(12-16)15-13(5-3-9-17-15)11-18-14-6-7-14/h3,5,9,14,18H,4,6-8,10-12H2,1-2H3. The van der Waals surface area contributed by atoms with Crippen LogP contribution < -0.4 is 10.2 Å². The van der Waals surface area contributed by atoms with Crippen molar-refractivity contribution in [2.75, 3.05) is 18.0 Å². The first-order valence-electron chi connectivity index (χ1n) is 7.56. The minimum absolute atomic E-state index is 0.414. The average Bonchev–Trinajstić information content (AvgIpc) is 3.19. The zero-order valence-corrected chi connectivity index (χ0v) is 12.2. The van der Waals surface area contributed by atoms with Gasteiger partial charge in [0.05, 0.1) is 0 Å². The van der Waals surface area contributed by atoms with Crippen LogP contribution in [0.25, 0.3) is 0 Å². The Morgan fingerprint density at radius 1 is 1.42 bits per heavy atom. The van der Waals surface area contributed by atoms with Crippen molar-refractivity contribution in [2.24, 2.45) is 5.41 Å². The molecule has 1 N–H and O–H groups in total. The summed E-state index contributed by atoms with van der Waals surface area (Å²) in [7, 11) is 0. The lowest BCUT2D eigenvalue weighted by molar-refractivity contribution is 0.291. The quantitative estimate of drug-likeness (QED) is 0.901. The molecule has 104 valence electrons. The number of rotatable bonds is 4. The van der Waals surface area contributed by atoms with Gasteiger partial charge in [0.1, 0.15) is 5.82 Å². The second-order valence-electron chi connectivity index (χ2n) is 6.83. The fourth-order valence-corrected chi connectivity index (χ4v) is 3.00. The van der Waals surface area contributed by atoms with Crippen LogP contribution in [0.5, 0.6) is 0 Å². The molecule has 2 aliphatic rings. The molecular weight excluding hydrogens is 234 g/mol. The minimum atomic E-state index is 0.414. The van der Waals surface area contributed by atoms with Gasteiger partial charge in [0, 0.05) is 37.4 Å². The van der Waals surface area contributed by atoms with Crippen LogP contribution in [0.2, 0.25) is 0 Å². The van der Waals surface area contributed by atoms with Crippen LogP contribution in [0.15, 0.2) is 18.3 Å². The van der Waals surface area contributed by atoms with Gasteiger partial charge in [0.2, 0.25) is 0 Å². The first-order chi connectivity index (χ1) is 9.14. The highest BCUT2D eigenvalue weighted by Crippen LogP contribution is 2.32. The Morgan fingerprint density at radius 3 is 3.00 bits per heavy atom. The summed E-state index contributed by atoms with van der Waals surface area (Å²) in [5.74, 6) is 1.20. The third-order valence-corrected chi connectivity index (χ3v) is 4.23. The van der Waals surface area contributed by atoms with Gasteiger partial charge in [-0.15, -0.1) is 0 Å². The van der Waals surface area contributed by atoms with E-state index in [1.807, 2.05) is 6.20 Å². The molecule has 3 nitrogen and oxygen atoms in total. The molecule has 19 heavy (non-hydrogen) atoms. The van der Waals surface area contributed by atoms with Crippen molar-refractivity contribution < 1.29 is 0 Å². The first-order valence-corrected chi connectivity index (χ1v) is 7.56. The highest BCUT2D eigenvalue weighted by molar-refractivity contribution is 5.47. The average molecular weight is 259 g/mol. The molecule has 1 aliphatic heterocycles. The number of anilines is 1. The van der Waals surface area contributed by atoms with Crippen molar-refractivity contribution in [3.63, 3.8) is 0 Å². The third-order valence-electron chi connectivity index (χ3n) is 4.23. The normalized spacial score (nSPS) is 22.5. The van der Waals surface area contributed by atoms with Crippen LogP contribution in [0, 0.1) is 5.41 Å². The fourth-order valence-electron chi connectivity index (χ4n) is 3.00. The van der Waals surface area contributed by atoms with Crippen molar-refractivity contribution in [3.8, 4) is 0 Å². The molecule has 0 bridgehead atoms. The van der Waals surface area contributed by atoms with Gasteiger partial charge in [0.15, 0.2) is 0 Å².